The van der Waals surface area contributed by atoms with Crippen LogP contribution in [-0.2, 0) is 10.0 Å². The van der Waals surface area contributed by atoms with Crippen LogP contribution in [0.25, 0.3) is 22.4 Å². The highest BCUT2D eigenvalue weighted by Crippen LogP contribution is 2.23. The molecule has 0 spiro atoms. The topological polar surface area (TPSA) is 64.8 Å². The Morgan fingerprint density at radius 2 is 1.43 bits per heavy atom. The quantitative estimate of drug-likeness (QED) is 0.745. The van der Waals surface area contributed by atoms with Gasteiger partial charge in [0.1, 0.15) is 5.69 Å². The van der Waals surface area contributed by atoms with Gasteiger partial charge in [-0.3, -0.25) is 0 Å². The molecular weight excluding hydrogens is 286 g/mol. The summed E-state index contributed by atoms with van der Waals surface area (Å²) < 4.78 is 23.6. The first-order valence-corrected chi connectivity index (χ1v) is 8.17. The van der Waals surface area contributed by atoms with Gasteiger partial charge in [-0.15, -0.1) is 9.19 Å². The van der Waals surface area contributed by atoms with Crippen molar-refractivity contribution in [1.29, 1.82) is 0 Å². The van der Waals surface area contributed by atoms with Crippen LogP contribution in [0.5, 0.6) is 0 Å². The third-order valence-electron chi connectivity index (χ3n) is 3.10. The van der Waals surface area contributed by atoms with Crippen molar-refractivity contribution >= 4 is 10.0 Å². The molecule has 0 aliphatic carbocycles. The van der Waals surface area contributed by atoms with Gasteiger partial charge in [0.25, 0.3) is 10.0 Å². The maximum absolute atomic E-state index is 11.4. The van der Waals surface area contributed by atoms with Gasteiger partial charge >= 0.3 is 0 Å². The van der Waals surface area contributed by atoms with Gasteiger partial charge in [-0.2, -0.15) is 0 Å². The van der Waals surface area contributed by atoms with Gasteiger partial charge in [-0.05, 0) is 11.1 Å². The highest BCUT2D eigenvalue weighted by atomic mass is 32.2. The van der Waals surface area contributed by atoms with E-state index in [0.29, 0.717) is 5.69 Å². The van der Waals surface area contributed by atoms with Crippen LogP contribution in [0.2, 0.25) is 0 Å². The molecule has 0 bridgehead atoms. The Morgan fingerprint density at radius 3 is 2.00 bits per heavy atom. The fourth-order valence-corrected chi connectivity index (χ4v) is 2.47. The highest BCUT2D eigenvalue weighted by molar-refractivity contribution is 7.89. The Hall–Kier alpha value is -2.47. The van der Waals surface area contributed by atoms with Gasteiger partial charge < -0.3 is 0 Å². The largest absolute Gasteiger partial charge is 0.252 e. The first-order chi connectivity index (χ1) is 10.0. The first-order valence-electron chi connectivity index (χ1n) is 6.33. The second kappa shape index (κ2) is 5.14. The summed E-state index contributed by atoms with van der Waals surface area (Å²) in [6, 6.07) is 17.8. The molecule has 0 aliphatic heterocycles. The summed E-state index contributed by atoms with van der Waals surface area (Å²) in [4.78, 5) is 0. The van der Waals surface area contributed by atoms with E-state index >= 15 is 0 Å². The molecule has 106 valence electrons. The van der Waals surface area contributed by atoms with E-state index in [1.54, 1.807) is 0 Å². The van der Waals surface area contributed by atoms with Gasteiger partial charge in [-0.1, -0.05) is 59.8 Å². The third-order valence-corrected chi connectivity index (χ3v) is 3.96. The predicted octanol–water partition coefficient (Wildman–Crippen LogP) is 2.42. The van der Waals surface area contributed by atoms with E-state index in [4.69, 9.17) is 0 Å². The molecule has 0 amide bonds. The van der Waals surface area contributed by atoms with E-state index < -0.39 is 10.0 Å². The molecule has 2 aromatic carbocycles. The maximum Gasteiger partial charge on any atom is 0.252 e. The zero-order chi connectivity index (χ0) is 14.9. The van der Waals surface area contributed by atoms with Crippen LogP contribution < -0.4 is 0 Å². The minimum absolute atomic E-state index is 0.528. The molecule has 0 fully saturated rings. The third kappa shape index (κ3) is 2.85. The number of aromatic nitrogens is 3. The molecule has 3 rings (SSSR count). The molecular formula is C15H13N3O2S. The Labute approximate surface area is 122 Å². The summed E-state index contributed by atoms with van der Waals surface area (Å²) in [6.07, 6.45) is 2.50. The minimum atomic E-state index is -3.40. The smallest absolute Gasteiger partial charge is 0.205 e. The summed E-state index contributed by atoms with van der Waals surface area (Å²) in [6.45, 7) is 0. The minimum Gasteiger partial charge on any atom is -0.205 e. The number of rotatable bonds is 3. The molecule has 21 heavy (non-hydrogen) atoms. The molecule has 0 unspecified atom stereocenters. The Morgan fingerprint density at radius 1 is 0.857 bits per heavy atom. The van der Waals surface area contributed by atoms with Gasteiger partial charge in [0, 0.05) is 5.56 Å². The van der Waals surface area contributed by atoms with E-state index in [1.807, 2.05) is 54.6 Å². The summed E-state index contributed by atoms with van der Waals surface area (Å²) >= 11 is 0. The fourth-order valence-electron chi connectivity index (χ4n) is 2.01. The van der Waals surface area contributed by atoms with Crippen molar-refractivity contribution in [2.75, 3.05) is 6.26 Å². The van der Waals surface area contributed by atoms with Crippen molar-refractivity contribution in [3.8, 4) is 22.4 Å². The molecule has 1 heterocycles. The van der Waals surface area contributed by atoms with Gasteiger partial charge in [0.2, 0.25) is 0 Å². The van der Waals surface area contributed by atoms with Crippen molar-refractivity contribution in [2.24, 2.45) is 0 Å². The Balaban J connectivity index is 1.93. The van der Waals surface area contributed by atoms with E-state index in [-0.39, 0.29) is 0 Å². The monoisotopic (exact) mass is 299 g/mol. The van der Waals surface area contributed by atoms with Crippen LogP contribution in [0, 0.1) is 0 Å². The normalized spacial score (nSPS) is 11.5. The second-order valence-corrected chi connectivity index (χ2v) is 6.52. The predicted molar refractivity (Wildman–Crippen MR) is 81.1 cm³/mol. The lowest BCUT2D eigenvalue weighted by Crippen LogP contribution is -2.10. The van der Waals surface area contributed by atoms with Crippen molar-refractivity contribution in [3.05, 3.63) is 60.8 Å². The lowest BCUT2D eigenvalue weighted by molar-refractivity contribution is 0.583. The SMILES string of the molecule is CS(=O)(=O)n1cc(-c2ccc(-c3ccccc3)cc2)nn1. The average Bonchev–Trinajstić information content (AvgIpc) is 2.98. The van der Waals surface area contributed by atoms with Crippen molar-refractivity contribution in [1.82, 2.24) is 14.4 Å². The van der Waals surface area contributed by atoms with E-state index in [9.17, 15) is 8.42 Å². The van der Waals surface area contributed by atoms with Crippen molar-refractivity contribution in [2.45, 2.75) is 0 Å². The summed E-state index contributed by atoms with van der Waals surface area (Å²) in [5.74, 6) is 0. The van der Waals surface area contributed by atoms with Crippen LogP contribution >= 0.6 is 0 Å². The molecule has 1 aromatic heterocycles. The van der Waals surface area contributed by atoms with Crippen LogP contribution in [0.1, 0.15) is 0 Å². The zero-order valence-electron chi connectivity index (χ0n) is 11.3. The van der Waals surface area contributed by atoms with Gasteiger partial charge in [0.05, 0.1) is 12.5 Å². The standard InChI is InChI=1S/C15H13N3O2S/c1-21(19,20)18-11-15(16-17-18)14-9-7-13(8-10-14)12-5-3-2-4-6-12/h2-11H,1H3. The molecule has 3 aromatic rings. The molecule has 5 nitrogen and oxygen atoms in total. The molecule has 0 aliphatic rings. The molecule has 0 atom stereocenters. The van der Waals surface area contributed by atoms with Crippen LogP contribution in [0.15, 0.2) is 60.8 Å². The average molecular weight is 299 g/mol. The molecule has 6 heteroatoms. The first kappa shape index (κ1) is 13.5. The lowest BCUT2D eigenvalue weighted by Gasteiger charge is -2.02. The van der Waals surface area contributed by atoms with Gasteiger partial charge in [-0.25, -0.2) is 8.42 Å². The van der Waals surface area contributed by atoms with Crippen LogP contribution in [0.3, 0.4) is 0 Å². The maximum atomic E-state index is 11.4. The summed E-state index contributed by atoms with van der Waals surface area (Å²) in [5, 5.41) is 7.51. The van der Waals surface area contributed by atoms with Crippen LogP contribution in [0.4, 0.5) is 0 Å². The zero-order valence-corrected chi connectivity index (χ0v) is 12.2. The Kier molecular flexibility index (Phi) is 3.31. The van der Waals surface area contributed by atoms with Crippen molar-refractivity contribution < 1.29 is 8.42 Å². The van der Waals surface area contributed by atoms with Gasteiger partial charge in [0.15, 0.2) is 0 Å². The number of hydrogen-bond acceptors (Lipinski definition) is 4. The summed E-state index contributed by atoms with van der Waals surface area (Å²) in [5.41, 5.74) is 3.57. The molecule has 0 radical (unpaired) electrons. The number of hydrogen-bond donors (Lipinski definition) is 0. The van der Waals surface area contributed by atoms with E-state index in [1.165, 1.54) is 6.20 Å². The molecule has 0 N–H and O–H groups in total. The lowest BCUT2D eigenvalue weighted by atomic mass is 10.0. The Bertz CT molecular complexity index is 853. The summed E-state index contributed by atoms with van der Waals surface area (Å²) in [7, 11) is -3.40. The number of benzene rings is 2. The fraction of sp³-hybridized carbons (Fsp3) is 0.0667. The molecule has 0 saturated carbocycles. The van der Waals surface area contributed by atoms with E-state index in [0.717, 1.165) is 27.0 Å². The number of nitrogens with zero attached hydrogens (tertiary/aromatic N) is 3. The van der Waals surface area contributed by atoms with Crippen LogP contribution in [-0.4, -0.2) is 29.1 Å². The molecule has 0 saturated heterocycles. The van der Waals surface area contributed by atoms with Crippen molar-refractivity contribution in [3.63, 3.8) is 0 Å². The highest BCUT2D eigenvalue weighted by Gasteiger charge is 2.10. The second-order valence-electron chi connectivity index (χ2n) is 4.68. The van der Waals surface area contributed by atoms with E-state index in [2.05, 4.69) is 10.3 Å².